The second kappa shape index (κ2) is 4.83. The van der Waals surface area contributed by atoms with Crippen LogP contribution >= 0.6 is 11.6 Å². The summed E-state index contributed by atoms with van der Waals surface area (Å²) in [6, 6.07) is 3.57. The van der Waals surface area contributed by atoms with Gasteiger partial charge in [-0.15, -0.1) is 0 Å². The van der Waals surface area contributed by atoms with Gasteiger partial charge in [0.2, 0.25) is 0 Å². The van der Waals surface area contributed by atoms with Crippen molar-refractivity contribution in [3.8, 4) is 0 Å². The van der Waals surface area contributed by atoms with Crippen LogP contribution in [0.2, 0.25) is 5.02 Å². The van der Waals surface area contributed by atoms with Crippen LogP contribution in [0.15, 0.2) is 18.2 Å². The third-order valence-corrected chi connectivity index (χ3v) is 2.16. The lowest BCUT2D eigenvalue weighted by Gasteiger charge is -2.09. The molecule has 0 aliphatic rings. The predicted octanol–water partition coefficient (Wildman–Crippen LogP) is 2.79. The van der Waals surface area contributed by atoms with Crippen LogP contribution in [0.4, 0.5) is 13.2 Å². The summed E-state index contributed by atoms with van der Waals surface area (Å²) >= 11 is 5.50. The molecule has 0 bridgehead atoms. The first-order valence-corrected chi connectivity index (χ1v) is 4.50. The van der Waals surface area contributed by atoms with Crippen LogP contribution in [0.25, 0.3) is 0 Å². The number of hydrogen-bond donors (Lipinski definition) is 1. The molecule has 0 aliphatic carbocycles. The molecule has 0 aliphatic heterocycles. The zero-order valence-electron chi connectivity index (χ0n) is 7.64. The minimum Gasteiger partial charge on any atom is -0.304 e. The summed E-state index contributed by atoms with van der Waals surface area (Å²) in [6.07, 6.45) is -3.99. The Morgan fingerprint density at radius 1 is 1.33 bits per heavy atom. The van der Waals surface area contributed by atoms with Crippen molar-refractivity contribution in [1.29, 1.82) is 0 Å². The summed E-state index contributed by atoms with van der Waals surface area (Å²) in [7, 11) is 0. The molecule has 0 radical (unpaired) electrons. The molecule has 2 nitrogen and oxygen atoms in total. The number of nitrogens with two attached hydrogens (primary N) is 1. The maximum atomic E-state index is 12.3. The average molecular weight is 240 g/mol. The normalized spacial score (nSPS) is 11.8. The van der Waals surface area contributed by atoms with Gasteiger partial charge in [0.25, 0.3) is 0 Å². The lowest BCUT2D eigenvalue weighted by molar-refractivity contribution is -0.137. The van der Waals surface area contributed by atoms with E-state index in [0.717, 1.165) is 6.07 Å². The zero-order chi connectivity index (χ0) is 11.5. The molecule has 0 saturated carbocycles. The van der Waals surface area contributed by atoms with E-state index in [0.29, 0.717) is 12.0 Å². The molecule has 2 N–H and O–H groups in total. The van der Waals surface area contributed by atoms with Gasteiger partial charge in [-0.25, -0.2) is 5.90 Å². The Morgan fingerprint density at radius 2 is 2.00 bits per heavy atom. The highest BCUT2D eigenvalue weighted by Gasteiger charge is 2.32. The van der Waals surface area contributed by atoms with Crippen LogP contribution in [0.3, 0.4) is 0 Å². The standard InChI is InChI=1S/C9H9ClF3NO/c10-8-5-6(3-4-15-14)1-2-7(8)9(11,12)13/h1-2,5H,3-4,14H2. The van der Waals surface area contributed by atoms with Crippen LogP contribution < -0.4 is 5.90 Å². The molecule has 0 atom stereocenters. The van der Waals surface area contributed by atoms with E-state index in [2.05, 4.69) is 4.84 Å². The Labute approximate surface area is 89.7 Å². The Bertz CT molecular complexity index is 341. The monoisotopic (exact) mass is 239 g/mol. The van der Waals surface area contributed by atoms with E-state index in [1.165, 1.54) is 12.1 Å². The van der Waals surface area contributed by atoms with Gasteiger partial charge in [0.15, 0.2) is 0 Å². The van der Waals surface area contributed by atoms with Crippen molar-refractivity contribution in [3.05, 3.63) is 34.3 Å². The van der Waals surface area contributed by atoms with Crippen molar-refractivity contribution >= 4 is 11.6 Å². The first kappa shape index (κ1) is 12.3. The lowest BCUT2D eigenvalue weighted by Crippen LogP contribution is -2.07. The SMILES string of the molecule is NOCCc1ccc(C(F)(F)F)c(Cl)c1. The second-order valence-corrected chi connectivity index (χ2v) is 3.34. The molecule has 0 saturated heterocycles. The van der Waals surface area contributed by atoms with E-state index in [1.807, 2.05) is 0 Å². The van der Waals surface area contributed by atoms with Crippen LogP contribution in [0, 0.1) is 0 Å². The second-order valence-electron chi connectivity index (χ2n) is 2.93. The van der Waals surface area contributed by atoms with Gasteiger partial charge in [0.1, 0.15) is 0 Å². The van der Waals surface area contributed by atoms with Gasteiger partial charge >= 0.3 is 6.18 Å². The minimum atomic E-state index is -4.42. The first-order valence-electron chi connectivity index (χ1n) is 4.12. The van der Waals surface area contributed by atoms with Crippen molar-refractivity contribution in [3.63, 3.8) is 0 Å². The molecular formula is C9H9ClF3NO. The minimum absolute atomic E-state index is 0.238. The molecule has 0 amide bonds. The molecule has 0 fully saturated rings. The molecule has 0 aromatic heterocycles. The Balaban J connectivity index is 2.89. The van der Waals surface area contributed by atoms with Gasteiger partial charge in [-0.05, 0) is 24.1 Å². The van der Waals surface area contributed by atoms with Crippen molar-refractivity contribution in [2.24, 2.45) is 5.90 Å². The van der Waals surface area contributed by atoms with E-state index in [9.17, 15) is 13.2 Å². The topological polar surface area (TPSA) is 35.2 Å². The molecule has 84 valence electrons. The molecule has 6 heteroatoms. The molecule has 0 heterocycles. The highest BCUT2D eigenvalue weighted by Crippen LogP contribution is 2.34. The van der Waals surface area contributed by atoms with Crippen LogP contribution in [-0.2, 0) is 17.4 Å². The van der Waals surface area contributed by atoms with E-state index in [1.54, 1.807) is 0 Å². The highest BCUT2D eigenvalue weighted by atomic mass is 35.5. The summed E-state index contributed by atoms with van der Waals surface area (Å²) < 4.78 is 36.9. The van der Waals surface area contributed by atoms with Crippen molar-refractivity contribution < 1.29 is 18.0 Å². The van der Waals surface area contributed by atoms with Crippen molar-refractivity contribution in [2.75, 3.05) is 6.61 Å². The fraction of sp³-hybridized carbons (Fsp3) is 0.333. The summed E-state index contributed by atoms with van der Waals surface area (Å²) in [5.74, 6) is 4.80. The highest BCUT2D eigenvalue weighted by molar-refractivity contribution is 6.31. The van der Waals surface area contributed by atoms with E-state index in [4.69, 9.17) is 17.5 Å². The summed E-state index contributed by atoms with van der Waals surface area (Å²) in [6.45, 7) is 0.238. The van der Waals surface area contributed by atoms with Gasteiger partial charge in [0.05, 0.1) is 17.2 Å². The number of benzene rings is 1. The van der Waals surface area contributed by atoms with E-state index < -0.39 is 11.7 Å². The van der Waals surface area contributed by atoms with E-state index in [-0.39, 0.29) is 11.6 Å². The summed E-state index contributed by atoms with van der Waals surface area (Å²) in [5.41, 5.74) is -0.181. The summed E-state index contributed by atoms with van der Waals surface area (Å²) in [5, 5.41) is -0.308. The maximum Gasteiger partial charge on any atom is 0.417 e. The molecule has 0 unspecified atom stereocenters. The Kier molecular flexibility index (Phi) is 3.96. The van der Waals surface area contributed by atoms with Crippen molar-refractivity contribution in [2.45, 2.75) is 12.6 Å². The fourth-order valence-electron chi connectivity index (χ4n) is 1.12. The van der Waals surface area contributed by atoms with Gasteiger partial charge in [0, 0.05) is 0 Å². The smallest absolute Gasteiger partial charge is 0.304 e. The zero-order valence-corrected chi connectivity index (χ0v) is 8.40. The van der Waals surface area contributed by atoms with Gasteiger partial charge in [-0.1, -0.05) is 17.7 Å². The third-order valence-electron chi connectivity index (χ3n) is 1.85. The van der Waals surface area contributed by atoms with Crippen LogP contribution in [-0.4, -0.2) is 6.61 Å². The van der Waals surface area contributed by atoms with E-state index >= 15 is 0 Å². The van der Waals surface area contributed by atoms with Gasteiger partial charge in [-0.2, -0.15) is 13.2 Å². The number of rotatable bonds is 3. The van der Waals surface area contributed by atoms with Crippen LogP contribution in [0.1, 0.15) is 11.1 Å². The molecule has 1 aromatic rings. The number of alkyl halides is 3. The first-order chi connectivity index (χ1) is 6.95. The molecular weight excluding hydrogens is 231 g/mol. The molecule has 1 aromatic carbocycles. The largest absolute Gasteiger partial charge is 0.417 e. The molecule has 15 heavy (non-hydrogen) atoms. The van der Waals surface area contributed by atoms with Crippen molar-refractivity contribution in [1.82, 2.24) is 0 Å². The lowest BCUT2D eigenvalue weighted by atomic mass is 10.1. The Hall–Kier alpha value is -0.780. The van der Waals surface area contributed by atoms with Gasteiger partial charge in [-0.3, -0.25) is 0 Å². The third kappa shape index (κ3) is 3.37. The van der Waals surface area contributed by atoms with Crippen LogP contribution in [0.5, 0.6) is 0 Å². The number of halogens is 4. The maximum absolute atomic E-state index is 12.3. The quantitative estimate of drug-likeness (QED) is 0.824. The number of hydrogen-bond acceptors (Lipinski definition) is 2. The summed E-state index contributed by atoms with van der Waals surface area (Å²) in [4.78, 5) is 4.32. The molecule has 0 spiro atoms. The van der Waals surface area contributed by atoms with Gasteiger partial charge < -0.3 is 4.84 Å². The Morgan fingerprint density at radius 3 is 2.47 bits per heavy atom. The average Bonchev–Trinajstić information content (AvgIpc) is 2.12. The molecule has 1 rings (SSSR count). The fourth-order valence-corrected chi connectivity index (χ4v) is 1.43. The predicted molar refractivity (Wildman–Crippen MR) is 50.3 cm³/mol.